The molecule has 0 saturated carbocycles. The lowest BCUT2D eigenvalue weighted by atomic mass is 10.1. The molecule has 0 unspecified atom stereocenters. The van der Waals surface area contributed by atoms with Gasteiger partial charge in [-0.1, -0.05) is 24.3 Å². The van der Waals surface area contributed by atoms with Gasteiger partial charge in [-0.2, -0.15) is 0 Å². The molecule has 0 aliphatic carbocycles. The van der Waals surface area contributed by atoms with Crippen LogP contribution in [0.15, 0.2) is 82.1 Å². The molecular weight excluding hydrogens is 342 g/mol. The molecule has 0 fully saturated rings. The Morgan fingerprint density at radius 2 is 1.85 bits per heavy atom. The number of hydrogen-bond acceptors (Lipinski definition) is 5. The van der Waals surface area contributed by atoms with Gasteiger partial charge in [0.1, 0.15) is 23.7 Å². The third-order valence-electron chi connectivity index (χ3n) is 4.24. The second-order valence-electron chi connectivity index (χ2n) is 5.96. The molecule has 0 amide bonds. The molecule has 4 aromatic rings. The monoisotopic (exact) mass is 359 g/mol. The number of aromatic nitrogens is 1. The van der Waals surface area contributed by atoms with E-state index in [-0.39, 0.29) is 0 Å². The van der Waals surface area contributed by atoms with Crippen LogP contribution >= 0.6 is 0 Å². The molecule has 0 aliphatic heterocycles. The van der Waals surface area contributed by atoms with E-state index in [1.807, 2.05) is 42.5 Å². The predicted molar refractivity (Wildman–Crippen MR) is 103 cm³/mol. The van der Waals surface area contributed by atoms with Gasteiger partial charge in [-0.25, -0.2) is 4.79 Å². The maximum Gasteiger partial charge on any atom is 0.345 e. The average Bonchev–Trinajstić information content (AvgIpc) is 2.72. The SMILES string of the molecule is COc1ccccc1COc1ccc2cc(-c3ccccn3)c(=O)oc2c1. The van der Waals surface area contributed by atoms with E-state index in [2.05, 4.69) is 4.98 Å². The van der Waals surface area contributed by atoms with Crippen molar-refractivity contribution in [1.29, 1.82) is 0 Å². The van der Waals surface area contributed by atoms with Crippen LogP contribution in [0.3, 0.4) is 0 Å². The fraction of sp³-hybridized carbons (Fsp3) is 0.0909. The Balaban J connectivity index is 1.62. The van der Waals surface area contributed by atoms with Crippen LogP contribution in [0.1, 0.15) is 5.56 Å². The van der Waals surface area contributed by atoms with Crippen LogP contribution in [-0.4, -0.2) is 12.1 Å². The van der Waals surface area contributed by atoms with Crippen LogP contribution < -0.4 is 15.1 Å². The van der Waals surface area contributed by atoms with Crippen LogP contribution in [0.25, 0.3) is 22.2 Å². The minimum absolute atomic E-state index is 0.353. The maximum atomic E-state index is 12.3. The molecule has 0 saturated heterocycles. The van der Waals surface area contributed by atoms with Gasteiger partial charge in [0.15, 0.2) is 0 Å². The van der Waals surface area contributed by atoms with E-state index >= 15 is 0 Å². The molecule has 0 aliphatic rings. The topological polar surface area (TPSA) is 61.6 Å². The number of fused-ring (bicyclic) bond motifs is 1. The quantitative estimate of drug-likeness (QED) is 0.493. The van der Waals surface area contributed by atoms with Crippen molar-refractivity contribution in [1.82, 2.24) is 4.98 Å². The zero-order valence-electron chi connectivity index (χ0n) is 14.7. The summed E-state index contributed by atoms with van der Waals surface area (Å²) in [4.78, 5) is 16.6. The second-order valence-corrected chi connectivity index (χ2v) is 5.96. The summed E-state index contributed by atoms with van der Waals surface area (Å²) in [5, 5.41) is 0.805. The highest BCUT2D eigenvalue weighted by Gasteiger charge is 2.10. The Hall–Kier alpha value is -3.60. The highest BCUT2D eigenvalue weighted by molar-refractivity contribution is 5.82. The number of hydrogen-bond donors (Lipinski definition) is 0. The van der Waals surface area contributed by atoms with E-state index in [1.165, 1.54) is 0 Å². The third kappa shape index (κ3) is 3.53. The summed E-state index contributed by atoms with van der Waals surface area (Å²) in [5.41, 5.74) is 2.00. The van der Waals surface area contributed by atoms with Crippen molar-refractivity contribution >= 4 is 11.0 Å². The van der Waals surface area contributed by atoms with Crippen LogP contribution in [0.2, 0.25) is 0 Å². The van der Waals surface area contributed by atoms with Gasteiger partial charge in [-0.3, -0.25) is 4.98 Å². The van der Waals surface area contributed by atoms with E-state index in [1.54, 1.807) is 37.6 Å². The van der Waals surface area contributed by atoms with Crippen molar-refractivity contribution in [3.05, 3.63) is 88.9 Å². The third-order valence-corrected chi connectivity index (χ3v) is 4.24. The number of rotatable bonds is 5. The summed E-state index contributed by atoms with van der Waals surface area (Å²) in [6, 6.07) is 20.3. The molecule has 2 aromatic heterocycles. The Bertz CT molecular complexity index is 1140. The summed E-state index contributed by atoms with van der Waals surface area (Å²) < 4.78 is 16.7. The molecule has 0 N–H and O–H groups in total. The zero-order valence-corrected chi connectivity index (χ0v) is 14.7. The van der Waals surface area contributed by atoms with Crippen molar-refractivity contribution in [3.8, 4) is 22.8 Å². The molecule has 134 valence electrons. The van der Waals surface area contributed by atoms with Crippen LogP contribution in [0.4, 0.5) is 0 Å². The van der Waals surface area contributed by atoms with E-state index in [0.29, 0.717) is 29.2 Å². The molecule has 2 aromatic carbocycles. The second kappa shape index (κ2) is 7.33. The summed E-state index contributed by atoms with van der Waals surface area (Å²) in [5.74, 6) is 1.38. The van der Waals surface area contributed by atoms with Crippen LogP contribution in [-0.2, 0) is 6.61 Å². The summed E-state index contributed by atoms with van der Waals surface area (Å²) >= 11 is 0. The van der Waals surface area contributed by atoms with Gasteiger partial charge in [-0.15, -0.1) is 0 Å². The number of ether oxygens (including phenoxy) is 2. The first-order valence-electron chi connectivity index (χ1n) is 8.48. The zero-order chi connectivity index (χ0) is 18.6. The average molecular weight is 359 g/mol. The highest BCUT2D eigenvalue weighted by atomic mass is 16.5. The molecule has 0 bridgehead atoms. The standard InChI is InChI=1S/C22H17NO4/c1-25-20-8-3-2-6-16(20)14-26-17-10-9-15-12-18(19-7-4-5-11-23-19)22(24)27-21(15)13-17/h2-13H,14H2,1H3. The largest absolute Gasteiger partial charge is 0.496 e. The van der Waals surface area contributed by atoms with Crippen LogP contribution in [0, 0.1) is 0 Å². The Kier molecular flexibility index (Phi) is 4.58. The summed E-state index contributed by atoms with van der Waals surface area (Å²) in [6.45, 7) is 0.353. The molecule has 5 nitrogen and oxygen atoms in total. The number of pyridine rings is 1. The molecular formula is C22H17NO4. The van der Waals surface area contributed by atoms with E-state index in [0.717, 1.165) is 16.7 Å². The first kappa shape index (κ1) is 16.8. The van der Waals surface area contributed by atoms with Crippen LogP contribution in [0.5, 0.6) is 11.5 Å². The van der Waals surface area contributed by atoms with Gasteiger partial charge in [0, 0.05) is 23.2 Å². The van der Waals surface area contributed by atoms with Crippen molar-refractivity contribution in [2.45, 2.75) is 6.61 Å². The number of methoxy groups -OCH3 is 1. The number of nitrogens with zero attached hydrogens (tertiary/aromatic N) is 1. The van der Waals surface area contributed by atoms with Gasteiger partial charge < -0.3 is 13.9 Å². The Morgan fingerprint density at radius 3 is 2.67 bits per heavy atom. The summed E-state index contributed by atoms with van der Waals surface area (Å²) in [7, 11) is 1.63. The van der Waals surface area contributed by atoms with Gasteiger partial charge in [0.05, 0.1) is 18.4 Å². The normalized spacial score (nSPS) is 10.7. The number of para-hydroxylation sites is 1. The Labute approximate surface area is 155 Å². The minimum Gasteiger partial charge on any atom is -0.496 e. The molecule has 0 atom stereocenters. The van der Waals surface area contributed by atoms with Gasteiger partial charge in [0.2, 0.25) is 0 Å². The van der Waals surface area contributed by atoms with E-state index < -0.39 is 5.63 Å². The molecule has 0 spiro atoms. The predicted octanol–water partition coefficient (Wildman–Crippen LogP) is 4.44. The van der Waals surface area contributed by atoms with Crippen molar-refractivity contribution < 1.29 is 13.9 Å². The van der Waals surface area contributed by atoms with Gasteiger partial charge >= 0.3 is 5.63 Å². The smallest absolute Gasteiger partial charge is 0.345 e. The van der Waals surface area contributed by atoms with Gasteiger partial charge in [-0.05, 0) is 36.4 Å². The first-order valence-corrected chi connectivity index (χ1v) is 8.48. The fourth-order valence-electron chi connectivity index (χ4n) is 2.87. The van der Waals surface area contributed by atoms with E-state index in [4.69, 9.17) is 13.9 Å². The molecule has 5 heteroatoms. The highest BCUT2D eigenvalue weighted by Crippen LogP contribution is 2.25. The minimum atomic E-state index is -0.428. The lowest BCUT2D eigenvalue weighted by Gasteiger charge is -2.10. The maximum absolute atomic E-state index is 12.3. The lowest BCUT2D eigenvalue weighted by Crippen LogP contribution is -2.04. The number of benzene rings is 2. The molecule has 2 heterocycles. The first-order chi connectivity index (χ1) is 13.2. The molecule has 4 rings (SSSR count). The molecule has 0 radical (unpaired) electrons. The summed E-state index contributed by atoms with van der Waals surface area (Å²) in [6.07, 6.45) is 1.65. The fourth-order valence-corrected chi connectivity index (χ4v) is 2.87. The lowest BCUT2D eigenvalue weighted by molar-refractivity contribution is 0.296. The molecule has 27 heavy (non-hydrogen) atoms. The van der Waals surface area contributed by atoms with Crippen molar-refractivity contribution in [2.75, 3.05) is 7.11 Å². The van der Waals surface area contributed by atoms with Crippen molar-refractivity contribution in [2.24, 2.45) is 0 Å². The van der Waals surface area contributed by atoms with Gasteiger partial charge in [0.25, 0.3) is 0 Å². The Morgan fingerprint density at radius 1 is 1.00 bits per heavy atom. The van der Waals surface area contributed by atoms with Crippen molar-refractivity contribution in [3.63, 3.8) is 0 Å². The van der Waals surface area contributed by atoms with E-state index in [9.17, 15) is 4.79 Å².